The summed E-state index contributed by atoms with van der Waals surface area (Å²) in [6.45, 7) is 8.84. The summed E-state index contributed by atoms with van der Waals surface area (Å²) in [5.41, 5.74) is 1.04. The fourth-order valence-corrected chi connectivity index (χ4v) is 4.64. The molecule has 0 heterocycles. The Morgan fingerprint density at radius 1 is 0.952 bits per heavy atom. The van der Waals surface area contributed by atoms with Gasteiger partial charge in [0.1, 0.15) is 5.75 Å². The molecule has 0 spiro atoms. The van der Waals surface area contributed by atoms with Crippen LogP contribution in [-0.2, 0) is 24.1 Å². The Labute approximate surface area is 127 Å². The molecular formula is C15H24O5Si. The van der Waals surface area contributed by atoms with Gasteiger partial charge < -0.3 is 18.0 Å². The molecule has 0 N–H and O–H groups in total. The predicted molar refractivity (Wildman–Crippen MR) is 82.1 cm³/mol. The summed E-state index contributed by atoms with van der Waals surface area (Å²) in [6.07, 6.45) is 0. The van der Waals surface area contributed by atoms with Gasteiger partial charge in [-0.25, -0.2) is 0 Å². The minimum absolute atomic E-state index is 0.329. The molecule has 0 radical (unpaired) electrons. The minimum atomic E-state index is -2.69. The lowest BCUT2D eigenvalue weighted by atomic mass is 10.2. The van der Waals surface area contributed by atoms with E-state index >= 15 is 0 Å². The van der Waals surface area contributed by atoms with Crippen LogP contribution >= 0.6 is 0 Å². The molecule has 6 heteroatoms. The summed E-state index contributed by atoms with van der Waals surface area (Å²) in [7, 11) is -2.69. The van der Waals surface area contributed by atoms with Crippen molar-refractivity contribution in [2.45, 2.75) is 33.7 Å². The van der Waals surface area contributed by atoms with Crippen molar-refractivity contribution in [1.82, 2.24) is 0 Å². The highest BCUT2D eigenvalue weighted by Crippen LogP contribution is 2.20. The summed E-state index contributed by atoms with van der Waals surface area (Å²) < 4.78 is 22.5. The topological polar surface area (TPSA) is 54.0 Å². The van der Waals surface area contributed by atoms with Gasteiger partial charge in [0.2, 0.25) is 0 Å². The van der Waals surface area contributed by atoms with Crippen LogP contribution in [0.2, 0.25) is 0 Å². The highest BCUT2D eigenvalue weighted by molar-refractivity contribution is 6.60. The van der Waals surface area contributed by atoms with Crippen LogP contribution in [0.15, 0.2) is 24.3 Å². The largest absolute Gasteiger partial charge is 0.505 e. The number of rotatable bonds is 9. The first-order valence-electron chi connectivity index (χ1n) is 7.24. The van der Waals surface area contributed by atoms with Crippen LogP contribution in [-0.4, -0.2) is 34.6 Å². The molecule has 0 unspecified atom stereocenters. The SMILES string of the molecule is CCO[Si](Cc1ccc(OC(C)=O)cc1)(OCC)OCC. The maximum Gasteiger partial charge on any atom is 0.505 e. The van der Waals surface area contributed by atoms with Crippen LogP contribution < -0.4 is 4.74 Å². The van der Waals surface area contributed by atoms with Gasteiger partial charge >= 0.3 is 14.8 Å². The maximum atomic E-state index is 10.9. The average molecular weight is 312 g/mol. The monoisotopic (exact) mass is 312 g/mol. The van der Waals surface area contributed by atoms with Crippen molar-refractivity contribution < 1.29 is 22.8 Å². The van der Waals surface area contributed by atoms with Crippen LogP contribution in [0.3, 0.4) is 0 Å². The average Bonchev–Trinajstić information content (AvgIpc) is 2.41. The zero-order chi connectivity index (χ0) is 15.7. The Morgan fingerprint density at radius 3 is 1.81 bits per heavy atom. The van der Waals surface area contributed by atoms with Gasteiger partial charge in [-0.1, -0.05) is 12.1 Å². The predicted octanol–water partition coefficient (Wildman–Crippen LogP) is 2.74. The summed E-state index contributed by atoms with van der Waals surface area (Å²) in [4.78, 5) is 10.9. The highest BCUT2D eigenvalue weighted by Gasteiger charge is 2.40. The molecule has 1 aromatic carbocycles. The zero-order valence-electron chi connectivity index (χ0n) is 13.2. The molecule has 0 aliphatic heterocycles. The Hall–Kier alpha value is -1.21. The summed E-state index contributed by atoms with van der Waals surface area (Å²) in [5, 5.41) is 0. The van der Waals surface area contributed by atoms with Gasteiger partial charge in [-0.05, 0) is 38.5 Å². The lowest BCUT2D eigenvalue weighted by Crippen LogP contribution is -2.48. The van der Waals surface area contributed by atoms with Gasteiger partial charge in [-0.3, -0.25) is 4.79 Å². The number of benzene rings is 1. The van der Waals surface area contributed by atoms with Crippen molar-refractivity contribution in [2.24, 2.45) is 0 Å². The first kappa shape index (κ1) is 17.8. The molecule has 0 aliphatic carbocycles. The van der Waals surface area contributed by atoms with E-state index in [0.717, 1.165) is 5.56 Å². The third kappa shape index (κ3) is 5.97. The van der Waals surface area contributed by atoms with Crippen molar-refractivity contribution in [3.63, 3.8) is 0 Å². The first-order valence-corrected chi connectivity index (χ1v) is 9.17. The van der Waals surface area contributed by atoms with E-state index in [1.165, 1.54) is 6.92 Å². The van der Waals surface area contributed by atoms with E-state index in [1.807, 2.05) is 32.9 Å². The standard InChI is InChI=1S/C15H24O5Si/c1-5-17-21(18-6-2,19-7-3)12-14-8-10-15(11-9-14)20-13(4)16/h8-11H,5-7,12H2,1-4H3. The van der Waals surface area contributed by atoms with E-state index < -0.39 is 8.80 Å². The molecule has 118 valence electrons. The minimum Gasteiger partial charge on any atom is -0.427 e. The normalized spacial score (nSPS) is 11.4. The number of hydrogen-bond donors (Lipinski definition) is 0. The summed E-state index contributed by atoms with van der Waals surface area (Å²) >= 11 is 0. The van der Waals surface area contributed by atoms with Crippen LogP contribution in [0.5, 0.6) is 5.75 Å². The second-order valence-electron chi connectivity index (χ2n) is 4.40. The van der Waals surface area contributed by atoms with Gasteiger partial charge in [-0.2, -0.15) is 0 Å². The van der Waals surface area contributed by atoms with Gasteiger partial charge in [0.15, 0.2) is 0 Å². The number of carbonyl (C=O) groups is 1. The van der Waals surface area contributed by atoms with Crippen LogP contribution in [0.4, 0.5) is 0 Å². The van der Waals surface area contributed by atoms with Crippen LogP contribution in [0.25, 0.3) is 0 Å². The molecule has 0 saturated heterocycles. The molecule has 21 heavy (non-hydrogen) atoms. The quantitative estimate of drug-likeness (QED) is 0.399. The number of ether oxygens (including phenoxy) is 1. The Balaban J connectivity index is 2.83. The van der Waals surface area contributed by atoms with Crippen LogP contribution in [0, 0.1) is 0 Å². The lowest BCUT2D eigenvalue weighted by molar-refractivity contribution is -0.131. The second-order valence-corrected chi connectivity index (χ2v) is 6.98. The fraction of sp³-hybridized carbons (Fsp3) is 0.533. The Bertz CT molecular complexity index is 415. The van der Waals surface area contributed by atoms with Crippen molar-refractivity contribution in [3.8, 4) is 5.75 Å². The molecule has 1 rings (SSSR count). The summed E-state index contributed by atoms with van der Waals surface area (Å²) in [5.74, 6) is 0.201. The second kappa shape index (κ2) is 8.94. The van der Waals surface area contributed by atoms with Crippen molar-refractivity contribution in [2.75, 3.05) is 19.8 Å². The highest BCUT2D eigenvalue weighted by atomic mass is 28.4. The molecule has 0 saturated carbocycles. The smallest absolute Gasteiger partial charge is 0.427 e. The number of carbonyl (C=O) groups excluding carboxylic acids is 1. The van der Waals surface area contributed by atoms with E-state index in [4.69, 9.17) is 18.0 Å². The maximum absolute atomic E-state index is 10.9. The van der Waals surface area contributed by atoms with E-state index in [9.17, 15) is 4.79 Å². The number of esters is 1. The molecule has 1 aromatic rings. The molecule has 0 atom stereocenters. The summed E-state index contributed by atoms with van der Waals surface area (Å²) in [6, 6.07) is 7.93. The van der Waals surface area contributed by atoms with Gasteiger partial charge in [0.05, 0.1) is 0 Å². The lowest BCUT2D eigenvalue weighted by Gasteiger charge is -2.28. The molecule has 0 aliphatic rings. The van der Waals surface area contributed by atoms with E-state index in [1.54, 1.807) is 12.1 Å². The van der Waals surface area contributed by atoms with Crippen molar-refractivity contribution >= 4 is 14.8 Å². The molecule has 0 bridgehead atoms. The van der Waals surface area contributed by atoms with Crippen LogP contribution in [0.1, 0.15) is 33.3 Å². The molecule has 0 aromatic heterocycles. The molecule has 5 nitrogen and oxygen atoms in total. The zero-order valence-corrected chi connectivity index (χ0v) is 14.2. The molecule has 0 fully saturated rings. The van der Waals surface area contributed by atoms with E-state index in [-0.39, 0.29) is 5.97 Å². The van der Waals surface area contributed by atoms with E-state index in [2.05, 4.69) is 0 Å². The Kier molecular flexibility index (Phi) is 7.59. The number of hydrogen-bond acceptors (Lipinski definition) is 5. The van der Waals surface area contributed by atoms with Gasteiger partial charge in [0, 0.05) is 32.8 Å². The van der Waals surface area contributed by atoms with Gasteiger partial charge in [-0.15, -0.1) is 0 Å². The van der Waals surface area contributed by atoms with Gasteiger partial charge in [0.25, 0.3) is 0 Å². The fourth-order valence-electron chi connectivity index (χ4n) is 2.03. The van der Waals surface area contributed by atoms with Crippen molar-refractivity contribution in [3.05, 3.63) is 29.8 Å². The van der Waals surface area contributed by atoms with Crippen molar-refractivity contribution in [1.29, 1.82) is 0 Å². The molecule has 0 amide bonds. The third-order valence-electron chi connectivity index (χ3n) is 2.70. The molecular weight excluding hydrogens is 288 g/mol. The van der Waals surface area contributed by atoms with E-state index in [0.29, 0.717) is 31.6 Å². The first-order chi connectivity index (χ1) is 10.0. The Morgan fingerprint density at radius 2 is 1.43 bits per heavy atom. The third-order valence-corrected chi connectivity index (χ3v) is 5.73.